The molecule has 2 aliphatic rings. The highest BCUT2D eigenvalue weighted by atomic mass is 32.1. The summed E-state index contributed by atoms with van der Waals surface area (Å²) in [5.41, 5.74) is 0.165. The fraction of sp³-hybridized carbons (Fsp3) is 0.688. The van der Waals surface area contributed by atoms with Crippen LogP contribution in [0.15, 0.2) is 12.1 Å². The average molecular weight is 262 g/mol. The second-order valence-electron chi connectivity index (χ2n) is 7.06. The molecule has 3 unspecified atom stereocenters. The number of fused-ring (bicyclic) bond motifs is 2. The van der Waals surface area contributed by atoms with Gasteiger partial charge in [-0.1, -0.05) is 27.2 Å². The molecule has 0 saturated heterocycles. The molecule has 2 fully saturated rings. The number of rotatable bonds is 2. The lowest BCUT2D eigenvalue weighted by molar-refractivity contribution is 0.0879. The number of Topliss-reactive ketones (excluding diaryl/α,β-unsaturated/α-hetero) is 1. The molecule has 0 N–H and O–H groups in total. The first kappa shape index (κ1) is 12.4. The van der Waals surface area contributed by atoms with E-state index in [1.165, 1.54) is 24.1 Å². The van der Waals surface area contributed by atoms with Crippen LogP contribution in [0.3, 0.4) is 0 Å². The lowest BCUT2D eigenvalue weighted by Gasteiger charge is -2.19. The summed E-state index contributed by atoms with van der Waals surface area (Å²) in [5, 5.41) is 0. The third-order valence-electron chi connectivity index (χ3n) is 4.66. The van der Waals surface area contributed by atoms with E-state index in [0.29, 0.717) is 17.6 Å². The molecule has 3 rings (SSSR count). The summed E-state index contributed by atoms with van der Waals surface area (Å²) in [7, 11) is 0. The highest BCUT2D eigenvalue weighted by Gasteiger charge is 2.43. The molecule has 2 bridgehead atoms. The molecule has 2 aliphatic carbocycles. The van der Waals surface area contributed by atoms with Gasteiger partial charge in [0, 0.05) is 10.8 Å². The zero-order valence-electron chi connectivity index (χ0n) is 11.5. The smallest absolute Gasteiger partial charge is 0.176 e. The van der Waals surface area contributed by atoms with E-state index in [-0.39, 0.29) is 5.41 Å². The number of thiophene rings is 1. The molecule has 1 nitrogen and oxygen atoms in total. The molecule has 1 heterocycles. The Morgan fingerprint density at radius 1 is 1.22 bits per heavy atom. The van der Waals surface area contributed by atoms with E-state index in [1.54, 1.807) is 11.3 Å². The SMILES string of the molecule is CC(C)(C)c1ccc(C(=O)C2CC3CCC2C3)s1. The topological polar surface area (TPSA) is 17.1 Å². The summed E-state index contributed by atoms with van der Waals surface area (Å²) < 4.78 is 0. The van der Waals surface area contributed by atoms with Crippen molar-refractivity contribution in [1.82, 2.24) is 0 Å². The standard InChI is InChI=1S/C16H22OS/c1-16(2,3)14-7-6-13(18-14)15(17)12-9-10-4-5-11(12)8-10/h6-7,10-12H,4-5,8-9H2,1-3H3. The molecular weight excluding hydrogens is 240 g/mol. The molecule has 2 heteroatoms. The van der Waals surface area contributed by atoms with Crippen LogP contribution in [0.2, 0.25) is 0 Å². The molecule has 2 saturated carbocycles. The molecule has 98 valence electrons. The Balaban J connectivity index is 1.79. The van der Waals surface area contributed by atoms with Crippen LogP contribution in [0.4, 0.5) is 0 Å². The van der Waals surface area contributed by atoms with Gasteiger partial charge in [-0.3, -0.25) is 4.79 Å². The van der Waals surface area contributed by atoms with Crippen molar-refractivity contribution in [1.29, 1.82) is 0 Å². The summed E-state index contributed by atoms with van der Waals surface area (Å²) in [4.78, 5) is 14.9. The van der Waals surface area contributed by atoms with E-state index in [1.807, 2.05) is 0 Å². The van der Waals surface area contributed by atoms with Gasteiger partial charge in [0.15, 0.2) is 5.78 Å². The molecule has 1 aromatic rings. The van der Waals surface area contributed by atoms with Crippen molar-refractivity contribution in [3.8, 4) is 0 Å². The van der Waals surface area contributed by atoms with Gasteiger partial charge in [-0.05, 0) is 48.6 Å². The molecule has 0 aromatic carbocycles. The molecule has 3 atom stereocenters. The van der Waals surface area contributed by atoms with Crippen LogP contribution >= 0.6 is 11.3 Å². The van der Waals surface area contributed by atoms with Crippen molar-refractivity contribution >= 4 is 17.1 Å². The maximum atomic E-state index is 12.6. The fourth-order valence-corrected chi connectivity index (χ4v) is 4.69. The fourth-order valence-electron chi connectivity index (χ4n) is 3.62. The highest BCUT2D eigenvalue weighted by molar-refractivity contribution is 7.14. The van der Waals surface area contributed by atoms with Gasteiger partial charge < -0.3 is 0 Å². The Labute approximate surface area is 114 Å². The van der Waals surface area contributed by atoms with Gasteiger partial charge in [-0.15, -0.1) is 11.3 Å². The predicted molar refractivity (Wildman–Crippen MR) is 76.3 cm³/mol. The first-order valence-corrected chi connectivity index (χ1v) is 7.91. The number of hydrogen-bond donors (Lipinski definition) is 0. The molecule has 0 amide bonds. The Kier molecular flexibility index (Phi) is 2.89. The van der Waals surface area contributed by atoms with Gasteiger partial charge in [0.05, 0.1) is 4.88 Å². The normalized spacial score (nSPS) is 30.9. The quantitative estimate of drug-likeness (QED) is 0.708. The number of ketones is 1. The van der Waals surface area contributed by atoms with E-state index in [0.717, 1.165) is 17.2 Å². The number of hydrogen-bond acceptors (Lipinski definition) is 2. The van der Waals surface area contributed by atoms with Crippen LogP contribution in [0.5, 0.6) is 0 Å². The first-order valence-electron chi connectivity index (χ1n) is 7.09. The van der Waals surface area contributed by atoms with Crippen molar-refractivity contribution in [2.24, 2.45) is 17.8 Å². The van der Waals surface area contributed by atoms with E-state index in [9.17, 15) is 4.79 Å². The minimum Gasteiger partial charge on any atom is -0.293 e. The molecule has 0 aliphatic heterocycles. The minimum atomic E-state index is 0.165. The summed E-state index contributed by atoms with van der Waals surface area (Å²) >= 11 is 1.71. The maximum absolute atomic E-state index is 12.6. The van der Waals surface area contributed by atoms with Gasteiger partial charge in [-0.2, -0.15) is 0 Å². The Morgan fingerprint density at radius 2 is 2.00 bits per heavy atom. The molecule has 0 spiro atoms. The third kappa shape index (κ3) is 2.05. The Hall–Kier alpha value is -0.630. The van der Waals surface area contributed by atoms with E-state index in [4.69, 9.17) is 0 Å². The number of carbonyl (C=O) groups excluding carboxylic acids is 1. The van der Waals surface area contributed by atoms with Crippen LogP contribution in [0.25, 0.3) is 0 Å². The van der Waals surface area contributed by atoms with Gasteiger partial charge in [0.25, 0.3) is 0 Å². The van der Waals surface area contributed by atoms with Gasteiger partial charge in [0.1, 0.15) is 0 Å². The second kappa shape index (κ2) is 4.19. The second-order valence-corrected chi connectivity index (χ2v) is 8.14. The molecule has 18 heavy (non-hydrogen) atoms. The van der Waals surface area contributed by atoms with Crippen LogP contribution in [-0.2, 0) is 5.41 Å². The summed E-state index contributed by atoms with van der Waals surface area (Å²) in [6.07, 6.45) is 5.13. The minimum absolute atomic E-state index is 0.165. The zero-order chi connectivity index (χ0) is 12.9. The molecule has 1 aromatic heterocycles. The Morgan fingerprint density at radius 3 is 2.50 bits per heavy atom. The zero-order valence-corrected chi connectivity index (χ0v) is 12.3. The largest absolute Gasteiger partial charge is 0.293 e. The lowest BCUT2D eigenvalue weighted by Crippen LogP contribution is -2.20. The van der Waals surface area contributed by atoms with Crippen molar-refractivity contribution in [2.45, 2.75) is 51.9 Å². The van der Waals surface area contributed by atoms with Crippen LogP contribution in [0.1, 0.15) is 61.0 Å². The number of carbonyl (C=O) groups is 1. The van der Waals surface area contributed by atoms with Gasteiger partial charge >= 0.3 is 0 Å². The van der Waals surface area contributed by atoms with Crippen molar-refractivity contribution in [3.63, 3.8) is 0 Å². The summed E-state index contributed by atoms with van der Waals surface area (Å²) in [6, 6.07) is 4.20. The average Bonchev–Trinajstić information content (AvgIpc) is 3.02. The van der Waals surface area contributed by atoms with Crippen LogP contribution < -0.4 is 0 Å². The van der Waals surface area contributed by atoms with Crippen molar-refractivity contribution in [2.75, 3.05) is 0 Å². The maximum Gasteiger partial charge on any atom is 0.176 e. The Bertz CT molecular complexity index is 466. The van der Waals surface area contributed by atoms with E-state index in [2.05, 4.69) is 32.9 Å². The van der Waals surface area contributed by atoms with Crippen LogP contribution in [0, 0.1) is 17.8 Å². The van der Waals surface area contributed by atoms with Crippen molar-refractivity contribution < 1.29 is 4.79 Å². The monoisotopic (exact) mass is 262 g/mol. The van der Waals surface area contributed by atoms with E-state index < -0.39 is 0 Å². The molecule has 0 radical (unpaired) electrons. The highest BCUT2D eigenvalue weighted by Crippen LogP contribution is 2.49. The van der Waals surface area contributed by atoms with E-state index >= 15 is 0 Å². The van der Waals surface area contributed by atoms with Gasteiger partial charge in [-0.25, -0.2) is 0 Å². The first-order chi connectivity index (χ1) is 8.45. The predicted octanol–water partition coefficient (Wildman–Crippen LogP) is 4.66. The third-order valence-corrected chi connectivity index (χ3v) is 6.19. The van der Waals surface area contributed by atoms with Gasteiger partial charge in [0.2, 0.25) is 0 Å². The lowest BCUT2D eigenvalue weighted by atomic mass is 9.85. The van der Waals surface area contributed by atoms with Crippen molar-refractivity contribution in [3.05, 3.63) is 21.9 Å². The van der Waals surface area contributed by atoms with Crippen LogP contribution in [-0.4, -0.2) is 5.78 Å². The summed E-state index contributed by atoms with van der Waals surface area (Å²) in [5.74, 6) is 2.33. The molecular formula is C16H22OS. The summed E-state index contributed by atoms with van der Waals surface area (Å²) in [6.45, 7) is 6.64.